The number of aryl methyl sites for hydroxylation is 1. The maximum absolute atomic E-state index is 5.48. The molecule has 0 saturated carbocycles. The normalized spacial score (nSPS) is 10.5. The van der Waals surface area contributed by atoms with Crippen molar-refractivity contribution in [3.63, 3.8) is 0 Å². The highest BCUT2D eigenvalue weighted by Gasteiger charge is 2.08. The second kappa shape index (κ2) is 3.68. The Labute approximate surface area is 87.9 Å². The van der Waals surface area contributed by atoms with E-state index in [-0.39, 0.29) is 0 Å². The Hall–Kier alpha value is -1.91. The summed E-state index contributed by atoms with van der Waals surface area (Å²) in [7, 11) is 0. The van der Waals surface area contributed by atoms with Crippen LogP contribution in [0.1, 0.15) is 12.6 Å². The van der Waals surface area contributed by atoms with E-state index in [9.17, 15) is 0 Å². The Morgan fingerprint density at radius 1 is 1.33 bits per heavy atom. The molecule has 0 aliphatic carbocycles. The van der Waals surface area contributed by atoms with Crippen LogP contribution in [-0.4, -0.2) is 20.0 Å². The molecule has 2 aromatic heterocycles. The average Bonchev–Trinajstić information content (AvgIpc) is 2.61. The van der Waals surface area contributed by atoms with Gasteiger partial charge in [-0.3, -0.25) is 4.68 Å². The van der Waals surface area contributed by atoms with Crippen LogP contribution in [-0.2, 0) is 6.54 Å². The number of nitrogens with two attached hydrogens (primary N) is 1. The molecule has 2 rings (SSSR count). The molecule has 0 fully saturated rings. The van der Waals surface area contributed by atoms with Crippen LogP contribution in [0.2, 0.25) is 0 Å². The minimum absolute atomic E-state index is 0.430. The van der Waals surface area contributed by atoms with Crippen molar-refractivity contribution in [2.45, 2.75) is 20.4 Å². The van der Waals surface area contributed by atoms with Crippen molar-refractivity contribution in [1.29, 1.82) is 0 Å². The van der Waals surface area contributed by atoms with Crippen molar-refractivity contribution in [3.05, 3.63) is 24.0 Å². The largest absolute Gasteiger partial charge is 0.382 e. The van der Waals surface area contributed by atoms with Gasteiger partial charge >= 0.3 is 0 Å². The van der Waals surface area contributed by atoms with E-state index < -0.39 is 0 Å². The summed E-state index contributed by atoms with van der Waals surface area (Å²) in [4.78, 5) is 0. The Morgan fingerprint density at radius 2 is 2.13 bits per heavy atom. The molecule has 0 spiro atoms. The van der Waals surface area contributed by atoms with Crippen molar-refractivity contribution in [2.75, 3.05) is 5.73 Å². The molecule has 78 valence electrons. The Balaban J connectivity index is 2.45. The quantitative estimate of drug-likeness (QED) is 0.797. The number of nitrogens with zero attached hydrogens (tertiary/aromatic N) is 4. The smallest absolute Gasteiger partial charge is 0.146 e. The first kappa shape index (κ1) is 9.64. The van der Waals surface area contributed by atoms with E-state index in [4.69, 9.17) is 5.73 Å². The van der Waals surface area contributed by atoms with Gasteiger partial charge in [0.05, 0.1) is 11.9 Å². The molecule has 0 saturated heterocycles. The van der Waals surface area contributed by atoms with Crippen LogP contribution in [0.3, 0.4) is 0 Å². The van der Waals surface area contributed by atoms with Crippen LogP contribution < -0.4 is 5.73 Å². The lowest BCUT2D eigenvalue weighted by molar-refractivity contribution is 0.640. The minimum atomic E-state index is 0.430. The number of nitrogen functional groups attached to an aromatic ring is 1. The zero-order valence-corrected chi connectivity index (χ0v) is 8.81. The molecule has 15 heavy (non-hydrogen) atoms. The third-order valence-electron chi connectivity index (χ3n) is 2.36. The maximum Gasteiger partial charge on any atom is 0.146 e. The first-order valence-electron chi connectivity index (χ1n) is 4.84. The van der Waals surface area contributed by atoms with Crippen molar-refractivity contribution in [3.8, 4) is 11.3 Å². The molecular weight excluding hydrogens is 190 g/mol. The van der Waals surface area contributed by atoms with Gasteiger partial charge in [0.25, 0.3) is 0 Å². The van der Waals surface area contributed by atoms with E-state index in [0.717, 1.165) is 23.5 Å². The van der Waals surface area contributed by atoms with Crippen molar-refractivity contribution in [1.82, 2.24) is 20.0 Å². The van der Waals surface area contributed by atoms with Gasteiger partial charge in [0, 0.05) is 17.8 Å². The fourth-order valence-electron chi connectivity index (χ4n) is 1.50. The Bertz CT molecular complexity index is 457. The highest BCUT2D eigenvalue weighted by Crippen LogP contribution is 2.20. The van der Waals surface area contributed by atoms with Gasteiger partial charge in [0.1, 0.15) is 5.82 Å². The number of aromatic nitrogens is 4. The maximum atomic E-state index is 5.48. The van der Waals surface area contributed by atoms with Gasteiger partial charge in [-0.2, -0.15) is 5.10 Å². The van der Waals surface area contributed by atoms with Crippen LogP contribution in [0.4, 0.5) is 5.82 Å². The van der Waals surface area contributed by atoms with Gasteiger partial charge in [-0.15, -0.1) is 10.2 Å². The minimum Gasteiger partial charge on any atom is -0.382 e. The number of hydrogen-bond donors (Lipinski definition) is 1. The van der Waals surface area contributed by atoms with Crippen molar-refractivity contribution in [2.24, 2.45) is 0 Å². The predicted octanol–water partition coefficient (Wildman–Crippen LogP) is 1.25. The molecule has 0 amide bonds. The molecule has 0 bridgehead atoms. The van der Waals surface area contributed by atoms with Crippen LogP contribution in [0.15, 0.2) is 18.3 Å². The molecule has 0 aliphatic rings. The first-order valence-corrected chi connectivity index (χ1v) is 4.84. The molecule has 2 aromatic rings. The highest BCUT2D eigenvalue weighted by atomic mass is 15.3. The van der Waals surface area contributed by atoms with Gasteiger partial charge in [0.2, 0.25) is 0 Å². The molecule has 0 unspecified atom stereocenters. The summed E-state index contributed by atoms with van der Waals surface area (Å²) in [5.74, 6) is 0.430. The fraction of sp³-hybridized carbons (Fsp3) is 0.300. The summed E-state index contributed by atoms with van der Waals surface area (Å²) >= 11 is 0. The summed E-state index contributed by atoms with van der Waals surface area (Å²) in [6.07, 6.45) is 1.80. The molecule has 2 heterocycles. The summed E-state index contributed by atoms with van der Waals surface area (Å²) < 4.78 is 1.92. The average molecular weight is 203 g/mol. The van der Waals surface area contributed by atoms with Gasteiger partial charge in [-0.05, 0) is 26.0 Å². The molecule has 0 aromatic carbocycles. The predicted molar refractivity (Wildman–Crippen MR) is 58.1 cm³/mol. The molecule has 0 aliphatic heterocycles. The monoisotopic (exact) mass is 203 g/mol. The topological polar surface area (TPSA) is 69.6 Å². The fourth-order valence-corrected chi connectivity index (χ4v) is 1.50. The zero-order valence-electron chi connectivity index (χ0n) is 8.81. The van der Waals surface area contributed by atoms with Gasteiger partial charge < -0.3 is 5.73 Å². The van der Waals surface area contributed by atoms with Crippen LogP contribution >= 0.6 is 0 Å². The van der Waals surface area contributed by atoms with E-state index in [0.29, 0.717) is 5.82 Å². The molecule has 5 nitrogen and oxygen atoms in total. The Morgan fingerprint density at radius 3 is 2.67 bits per heavy atom. The lowest BCUT2D eigenvalue weighted by Crippen LogP contribution is -1.99. The zero-order chi connectivity index (χ0) is 10.8. The first-order chi connectivity index (χ1) is 7.22. The molecule has 2 N–H and O–H groups in total. The van der Waals surface area contributed by atoms with E-state index in [1.807, 2.05) is 17.7 Å². The standard InChI is InChI=1S/C10H13N5/c1-3-15-7(2)8(6-12-15)9-4-5-10(11)14-13-9/h4-6H,3H2,1-2H3,(H2,11,14). The van der Waals surface area contributed by atoms with E-state index in [1.54, 1.807) is 12.3 Å². The van der Waals surface area contributed by atoms with E-state index in [2.05, 4.69) is 22.2 Å². The Kier molecular flexibility index (Phi) is 2.37. The van der Waals surface area contributed by atoms with Crippen molar-refractivity contribution >= 4 is 5.82 Å². The molecule has 5 heteroatoms. The molecule has 0 radical (unpaired) electrons. The van der Waals surface area contributed by atoms with Crippen LogP contribution in [0.5, 0.6) is 0 Å². The third kappa shape index (κ3) is 1.68. The van der Waals surface area contributed by atoms with Crippen LogP contribution in [0, 0.1) is 6.92 Å². The number of rotatable bonds is 2. The second-order valence-electron chi connectivity index (χ2n) is 3.30. The lowest BCUT2D eigenvalue weighted by Gasteiger charge is -2.01. The van der Waals surface area contributed by atoms with E-state index in [1.165, 1.54) is 0 Å². The van der Waals surface area contributed by atoms with Gasteiger partial charge in [-0.25, -0.2) is 0 Å². The number of hydrogen-bond acceptors (Lipinski definition) is 4. The van der Waals surface area contributed by atoms with Crippen LogP contribution in [0.25, 0.3) is 11.3 Å². The van der Waals surface area contributed by atoms with E-state index >= 15 is 0 Å². The summed E-state index contributed by atoms with van der Waals surface area (Å²) in [5.41, 5.74) is 8.38. The van der Waals surface area contributed by atoms with Gasteiger partial charge in [0.15, 0.2) is 0 Å². The summed E-state index contributed by atoms with van der Waals surface area (Å²) in [6.45, 7) is 4.93. The molecular formula is C10H13N5. The second-order valence-corrected chi connectivity index (χ2v) is 3.30. The molecule has 0 atom stereocenters. The summed E-state index contributed by atoms with van der Waals surface area (Å²) in [5, 5.41) is 12.1. The third-order valence-corrected chi connectivity index (χ3v) is 2.36. The lowest BCUT2D eigenvalue weighted by atomic mass is 10.2. The number of anilines is 1. The SMILES string of the molecule is CCn1ncc(-c2ccc(N)nn2)c1C. The summed E-state index contributed by atoms with van der Waals surface area (Å²) in [6, 6.07) is 3.59. The van der Waals surface area contributed by atoms with Crippen molar-refractivity contribution < 1.29 is 0 Å². The highest BCUT2D eigenvalue weighted by molar-refractivity contribution is 5.61. The van der Waals surface area contributed by atoms with Gasteiger partial charge in [-0.1, -0.05) is 0 Å².